The van der Waals surface area contributed by atoms with Gasteiger partial charge in [-0.05, 0) is 26.0 Å². The molecule has 0 saturated heterocycles. The Morgan fingerprint density at radius 1 is 1.65 bits per heavy atom. The molecule has 1 unspecified atom stereocenters. The van der Waals surface area contributed by atoms with Gasteiger partial charge in [-0.15, -0.1) is 0 Å². The van der Waals surface area contributed by atoms with Crippen molar-refractivity contribution < 1.29 is 10.0 Å². The van der Waals surface area contributed by atoms with Crippen LogP contribution < -0.4 is 5.73 Å². The van der Waals surface area contributed by atoms with Crippen molar-refractivity contribution in [3.63, 3.8) is 0 Å². The van der Waals surface area contributed by atoms with Crippen LogP contribution in [0.5, 0.6) is 0 Å². The Hall–Kier alpha value is -0.910. The van der Waals surface area contributed by atoms with Crippen molar-refractivity contribution in [2.45, 2.75) is 32.2 Å². The maximum Gasteiger partial charge on any atom is 0.236 e. The van der Waals surface area contributed by atoms with Crippen molar-refractivity contribution in [1.29, 1.82) is 0 Å². The molecule has 6 heteroatoms. The smallest absolute Gasteiger partial charge is 0.236 e. The summed E-state index contributed by atoms with van der Waals surface area (Å²) >= 11 is 1.70. The van der Waals surface area contributed by atoms with Crippen molar-refractivity contribution >= 4 is 23.5 Å². The molecule has 5 nitrogen and oxygen atoms in total. The SMILES string of the molecule is CSCC(C)N(C)C(=O)C1(C(N)=NO)CCC1. The van der Waals surface area contributed by atoms with Gasteiger partial charge in [-0.3, -0.25) is 4.79 Å². The Balaban J connectivity index is 2.80. The molecule has 1 aliphatic rings. The average Bonchev–Trinajstić information content (AvgIpc) is 2.26. The number of hydrogen-bond donors (Lipinski definition) is 2. The Morgan fingerprint density at radius 2 is 2.24 bits per heavy atom. The number of amides is 1. The van der Waals surface area contributed by atoms with E-state index in [1.165, 1.54) is 0 Å². The second kappa shape index (κ2) is 5.62. The van der Waals surface area contributed by atoms with E-state index < -0.39 is 5.41 Å². The van der Waals surface area contributed by atoms with Gasteiger partial charge in [0.2, 0.25) is 5.91 Å². The quantitative estimate of drug-likeness (QED) is 0.335. The minimum absolute atomic E-state index is 0.0272. The number of nitrogens with zero attached hydrogens (tertiary/aromatic N) is 2. The lowest BCUT2D eigenvalue weighted by Gasteiger charge is -2.42. The van der Waals surface area contributed by atoms with E-state index in [0.29, 0.717) is 12.8 Å². The Labute approximate surface area is 106 Å². The molecule has 17 heavy (non-hydrogen) atoms. The maximum atomic E-state index is 12.4. The van der Waals surface area contributed by atoms with Gasteiger partial charge in [-0.1, -0.05) is 11.6 Å². The summed E-state index contributed by atoms with van der Waals surface area (Å²) < 4.78 is 0. The molecule has 0 spiro atoms. The van der Waals surface area contributed by atoms with Crippen LogP contribution in [0.1, 0.15) is 26.2 Å². The zero-order valence-corrected chi connectivity index (χ0v) is 11.5. The topological polar surface area (TPSA) is 78.9 Å². The van der Waals surface area contributed by atoms with Crippen LogP contribution in [0.15, 0.2) is 5.16 Å². The van der Waals surface area contributed by atoms with Crippen LogP contribution in [-0.2, 0) is 4.79 Å². The molecule has 0 radical (unpaired) electrons. The van der Waals surface area contributed by atoms with Crippen LogP contribution in [0.4, 0.5) is 0 Å². The summed E-state index contributed by atoms with van der Waals surface area (Å²) in [5.74, 6) is 0.909. The van der Waals surface area contributed by atoms with Gasteiger partial charge in [-0.2, -0.15) is 11.8 Å². The normalized spacial score (nSPS) is 20.5. The molecule has 0 heterocycles. The van der Waals surface area contributed by atoms with Crippen LogP contribution in [0, 0.1) is 5.41 Å². The van der Waals surface area contributed by atoms with Gasteiger partial charge in [0.15, 0.2) is 5.84 Å². The summed E-state index contributed by atoms with van der Waals surface area (Å²) in [5.41, 5.74) is 4.92. The van der Waals surface area contributed by atoms with Gasteiger partial charge in [0, 0.05) is 18.8 Å². The van der Waals surface area contributed by atoms with Crippen molar-refractivity contribution in [1.82, 2.24) is 4.90 Å². The number of rotatable bonds is 5. The maximum absolute atomic E-state index is 12.4. The summed E-state index contributed by atoms with van der Waals surface area (Å²) in [6.45, 7) is 2.01. The summed E-state index contributed by atoms with van der Waals surface area (Å²) in [5, 5.41) is 11.8. The molecule has 0 aromatic carbocycles. The standard InChI is InChI=1S/C11H21N3O2S/c1-8(7-17-3)14(2)10(15)11(5-4-6-11)9(12)13-16/h8,16H,4-7H2,1-3H3,(H2,12,13). The third kappa shape index (κ3) is 2.51. The number of oxime groups is 1. The highest BCUT2D eigenvalue weighted by Crippen LogP contribution is 2.42. The van der Waals surface area contributed by atoms with Crippen molar-refractivity contribution in [3.8, 4) is 0 Å². The predicted octanol–water partition coefficient (Wildman–Crippen LogP) is 1.11. The Morgan fingerprint density at radius 3 is 2.59 bits per heavy atom. The van der Waals surface area contributed by atoms with E-state index in [1.807, 2.05) is 13.2 Å². The minimum atomic E-state index is -0.754. The van der Waals surface area contributed by atoms with E-state index in [4.69, 9.17) is 10.9 Å². The average molecular weight is 259 g/mol. The highest BCUT2D eigenvalue weighted by molar-refractivity contribution is 7.98. The molecule has 0 bridgehead atoms. The molecule has 1 fully saturated rings. The summed E-state index contributed by atoms with van der Waals surface area (Å²) in [6.07, 6.45) is 4.32. The lowest BCUT2D eigenvalue weighted by molar-refractivity contribution is -0.142. The molecule has 1 aliphatic carbocycles. The highest BCUT2D eigenvalue weighted by atomic mass is 32.2. The molecule has 0 aromatic rings. The van der Waals surface area contributed by atoms with E-state index in [0.717, 1.165) is 12.2 Å². The number of thioether (sulfide) groups is 1. The second-order valence-electron chi connectivity index (χ2n) is 4.64. The lowest BCUT2D eigenvalue weighted by atomic mass is 9.66. The highest BCUT2D eigenvalue weighted by Gasteiger charge is 2.50. The fraction of sp³-hybridized carbons (Fsp3) is 0.818. The molecule has 1 atom stereocenters. The first-order chi connectivity index (χ1) is 7.99. The second-order valence-corrected chi connectivity index (χ2v) is 5.55. The lowest BCUT2D eigenvalue weighted by Crippen LogP contribution is -2.56. The molecule has 1 rings (SSSR count). The van der Waals surface area contributed by atoms with Gasteiger partial charge in [0.1, 0.15) is 5.41 Å². The summed E-state index contributed by atoms with van der Waals surface area (Å²) in [7, 11) is 1.79. The molecular formula is C11H21N3O2S. The fourth-order valence-electron chi connectivity index (χ4n) is 2.10. The zero-order chi connectivity index (χ0) is 13.1. The number of carbonyl (C=O) groups is 1. The van der Waals surface area contributed by atoms with Crippen LogP contribution in [0.25, 0.3) is 0 Å². The minimum Gasteiger partial charge on any atom is -0.409 e. The molecule has 1 saturated carbocycles. The molecular weight excluding hydrogens is 238 g/mol. The molecule has 98 valence electrons. The van der Waals surface area contributed by atoms with E-state index >= 15 is 0 Å². The third-order valence-electron chi connectivity index (χ3n) is 3.60. The van der Waals surface area contributed by atoms with Crippen molar-refractivity contribution in [2.75, 3.05) is 19.1 Å². The van der Waals surface area contributed by atoms with Gasteiger partial charge in [0.25, 0.3) is 0 Å². The van der Waals surface area contributed by atoms with E-state index in [9.17, 15) is 4.79 Å². The number of hydrogen-bond acceptors (Lipinski definition) is 4. The number of nitrogens with two attached hydrogens (primary N) is 1. The van der Waals surface area contributed by atoms with Crippen molar-refractivity contribution in [3.05, 3.63) is 0 Å². The fourth-order valence-corrected chi connectivity index (χ4v) is 2.80. The van der Waals surface area contributed by atoms with Crippen LogP contribution in [0.2, 0.25) is 0 Å². The predicted molar refractivity (Wildman–Crippen MR) is 70.3 cm³/mol. The van der Waals surface area contributed by atoms with E-state index in [1.54, 1.807) is 23.7 Å². The van der Waals surface area contributed by atoms with Crippen LogP contribution >= 0.6 is 11.8 Å². The molecule has 0 aliphatic heterocycles. The van der Waals surface area contributed by atoms with Crippen LogP contribution in [-0.4, -0.2) is 46.9 Å². The van der Waals surface area contributed by atoms with Gasteiger partial charge in [0.05, 0.1) is 0 Å². The zero-order valence-electron chi connectivity index (χ0n) is 10.6. The Bertz CT molecular complexity index is 316. The Kier molecular flexibility index (Phi) is 4.68. The summed E-state index contributed by atoms with van der Waals surface area (Å²) in [6, 6.07) is 0.154. The molecule has 0 aromatic heterocycles. The monoisotopic (exact) mass is 259 g/mol. The first-order valence-corrected chi connectivity index (χ1v) is 7.13. The van der Waals surface area contributed by atoms with Gasteiger partial charge in [-0.25, -0.2) is 0 Å². The van der Waals surface area contributed by atoms with Gasteiger partial charge < -0.3 is 15.8 Å². The first kappa shape index (κ1) is 14.2. The molecule has 1 amide bonds. The van der Waals surface area contributed by atoms with E-state index in [-0.39, 0.29) is 17.8 Å². The third-order valence-corrected chi connectivity index (χ3v) is 4.42. The van der Waals surface area contributed by atoms with Gasteiger partial charge >= 0.3 is 0 Å². The van der Waals surface area contributed by atoms with Crippen LogP contribution in [0.3, 0.4) is 0 Å². The largest absolute Gasteiger partial charge is 0.409 e. The summed E-state index contributed by atoms with van der Waals surface area (Å²) in [4.78, 5) is 14.1. The first-order valence-electron chi connectivity index (χ1n) is 5.74. The molecule has 3 N–H and O–H groups in total. The number of amidine groups is 1. The number of carbonyl (C=O) groups excluding carboxylic acids is 1. The van der Waals surface area contributed by atoms with Crippen molar-refractivity contribution in [2.24, 2.45) is 16.3 Å². The van der Waals surface area contributed by atoms with E-state index in [2.05, 4.69) is 5.16 Å².